The lowest BCUT2D eigenvalue weighted by molar-refractivity contribution is -0.192. The highest BCUT2D eigenvalue weighted by molar-refractivity contribution is 7.99. The smallest absolute Gasteiger partial charge is 0.475 e. The molecule has 0 bridgehead atoms. The summed E-state index contributed by atoms with van der Waals surface area (Å²) in [5, 5.41) is 7.66. The van der Waals surface area contributed by atoms with Crippen LogP contribution >= 0.6 is 11.8 Å². The number of carbonyl (C=O) groups excluding carboxylic acids is 3. The van der Waals surface area contributed by atoms with Crippen LogP contribution in [0.2, 0.25) is 0 Å². The minimum Gasteiger partial charge on any atom is -0.475 e. The summed E-state index contributed by atoms with van der Waals surface area (Å²) in [6.07, 6.45) is -1.66. The summed E-state index contributed by atoms with van der Waals surface area (Å²) in [7, 11) is 2.90. The van der Waals surface area contributed by atoms with E-state index >= 15 is 0 Å². The van der Waals surface area contributed by atoms with Crippen molar-refractivity contribution in [3.8, 4) is 0 Å². The lowest BCUT2D eigenvalue weighted by Crippen LogP contribution is -2.59. The second-order valence-corrected chi connectivity index (χ2v) is 11.0. The van der Waals surface area contributed by atoms with E-state index in [4.69, 9.17) is 14.6 Å². The number of hydrogen-bond donors (Lipinski definition) is 1. The SMILES string of the molecule is CCC(C)Sc1ccc(C2C3C(=O)N(C)C(=O)C3[C@]3(C(=O)OC)CCCCN23)cc1.O=C(O)C(F)(F)F. The van der Waals surface area contributed by atoms with Gasteiger partial charge in [0.15, 0.2) is 0 Å². The van der Waals surface area contributed by atoms with Crippen LogP contribution in [-0.2, 0) is 23.9 Å². The number of methoxy groups -OCH3 is 1. The summed E-state index contributed by atoms with van der Waals surface area (Å²) in [6, 6.07) is 8.01. The molecule has 3 aliphatic rings. The second kappa shape index (κ2) is 11.0. The Kier molecular flexibility index (Phi) is 8.63. The van der Waals surface area contributed by atoms with Gasteiger partial charge in [-0.2, -0.15) is 13.2 Å². The molecule has 3 heterocycles. The number of halogens is 3. The Morgan fingerprint density at radius 3 is 2.30 bits per heavy atom. The molecule has 4 rings (SSSR count). The van der Waals surface area contributed by atoms with Gasteiger partial charge in [0.05, 0.1) is 18.9 Å². The molecular formula is C25H31F3N2O6S. The number of fused-ring (bicyclic) bond motifs is 3. The number of nitrogens with zero attached hydrogens (tertiary/aromatic N) is 2. The Labute approximate surface area is 217 Å². The largest absolute Gasteiger partial charge is 0.490 e. The van der Waals surface area contributed by atoms with Gasteiger partial charge in [0.2, 0.25) is 11.8 Å². The fourth-order valence-corrected chi connectivity index (χ4v) is 6.48. The first kappa shape index (κ1) is 29.0. The third kappa shape index (κ3) is 5.22. The number of hydrogen-bond acceptors (Lipinski definition) is 7. The van der Waals surface area contributed by atoms with Gasteiger partial charge in [-0.3, -0.25) is 24.2 Å². The highest BCUT2D eigenvalue weighted by Crippen LogP contribution is 2.58. The third-order valence-corrected chi connectivity index (χ3v) is 8.68. The quantitative estimate of drug-likeness (QED) is 0.338. The van der Waals surface area contributed by atoms with E-state index in [0.717, 1.165) is 24.8 Å². The molecule has 4 unspecified atom stereocenters. The maximum Gasteiger partial charge on any atom is 0.490 e. The number of carboxylic acids is 1. The molecule has 1 aromatic rings. The molecule has 5 atom stereocenters. The molecule has 204 valence electrons. The van der Waals surface area contributed by atoms with E-state index in [1.807, 2.05) is 11.8 Å². The number of rotatable bonds is 5. The zero-order valence-electron chi connectivity index (χ0n) is 21.1. The van der Waals surface area contributed by atoms with Crippen LogP contribution in [0.4, 0.5) is 13.2 Å². The van der Waals surface area contributed by atoms with Gasteiger partial charge in [0, 0.05) is 23.2 Å². The van der Waals surface area contributed by atoms with E-state index in [0.29, 0.717) is 18.2 Å². The van der Waals surface area contributed by atoms with Crippen LogP contribution in [-0.4, -0.2) is 76.3 Å². The number of thioether (sulfide) groups is 1. The highest BCUT2D eigenvalue weighted by Gasteiger charge is 2.72. The van der Waals surface area contributed by atoms with Crippen molar-refractivity contribution in [2.24, 2.45) is 11.8 Å². The molecule has 0 saturated carbocycles. The first-order valence-corrected chi connectivity index (χ1v) is 12.9. The summed E-state index contributed by atoms with van der Waals surface area (Å²) in [4.78, 5) is 52.8. The topological polar surface area (TPSA) is 104 Å². The molecule has 37 heavy (non-hydrogen) atoms. The number of amides is 2. The number of aliphatic carboxylic acids is 1. The van der Waals surface area contributed by atoms with E-state index in [9.17, 15) is 27.6 Å². The monoisotopic (exact) mass is 544 g/mol. The van der Waals surface area contributed by atoms with Crippen molar-refractivity contribution >= 4 is 35.5 Å². The second-order valence-electron chi connectivity index (χ2n) is 9.46. The van der Waals surface area contributed by atoms with Crippen molar-refractivity contribution < 1.29 is 42.2 Å². The van der Waals surface area contributed by atoms with Crippen molar-refractivity contribution in [3.05, 3.63) is 29.8 Å². The van der Waals surface area contributed by atoms with E-state index in [-0.39, 0.29) is 23.8 Å². The Bertz CT molecular complexity index is 1050. The standard InChI is InChI=1S/C23H30N2O4S.C2HF3O2/c1-5-14(2)30-16-10-8-15(9-11-16)19-17-18(21(27)24(3)20(17)26)23(22(28)29-4)12-6-7-13-25(19)23;3-2(4,5)1(6)7/h8-11,14,17-19H,5-7,12-13H2,1-4H3;(H,6,7)/t14?,17?,18?,19?,23-;/m0./s1. The Morgan fingerprint density at radius 1 is 1.19 bits per heavy atom. The molecule has 3 fully saturated rings. The van der Waals surface area contributed by atoms with Gasteiger partial charge in [0.25, 0.3) is 0 Å². The van der Waals surface area contributed by atoms with Crippen molar-refractivity contribution in [1.82, 2.24) is 9.80 Å². The van der Waals surface area contributed by atoms with Crippen molar-refractivity contribution in [2.75, 3.05) is 20.7 Å². The molecule has 1 aromatic carbocycles. The number of ether oxygens (including phenoxy) is 1. The van der Waals surface area contributed by atoms with Crippen LogP contribution in [0.15, 0.2) is 29.2 Å². The van der Waals surface area contributed by atoms with Crippen LogP contribution in [0, 0.1) is 11.8 Å². The van der Waals surface area contributed by atoms with Crippen LogP contribution < -0.4 is 0 Å². The lowest BCUT2D eigenvalue weighted by Gasteiger charge is -2.44. The summed E-state index contributed by atoms with van der Waals surface area (Å²) in [6.45, 7) is 5.06. The average Bonchev–Trinajstić information content (AvgIpc) is 3.30. The third-order valence-electron chi connectivity index (χ3n) is 7.40. The van der Waals surface area contributed by atoms with E-state index in [1.54, 1.807) is 0 Å². The van der Waals surface area contributed by atoms with Gasteiger partial charge < -0.3 is 9.84 Å². The highest BCUT2D eigenvalue weighted by atomic mass is 32.2. The van der Waals surface area contributed by atoms with Gasteiger partial charge in [0.1, 0.15) is 5.54 Å². The summed E-state index contributed by atoms with van der Waals surface area (Å²) in [5.74, 6) is -4.82. The minimum absolute atomic E-state index is 0.189. The van der Waals surface area contributed by atoms with Gasteiger partial charge in [-0.05, 0) is 49.9 Å². The molecule has 0 spiro atoms. The molecule has 3 aliphatic heterocycles. The first-order chi connectivity index (χ1) is 17.3. The fourth-order valence-electron chi connectivity index (χ4n) is 5.56. The number of imide groups is 1. The summed E-state index contributed by atoms with van der Waals surface area (Å²) < 4.78 is 37.0. The van der Waals surface area contributed by atoms with E-state index in [1.165, 1.54) is 24.0 Å². The van der Waals surface area contributed by atoms with Crippen molar-refractivity contribution in [2.45, 2.75) is 67.4 Å². The Balaban J connectivity index is 0.000000479. The zero-order chi connectivity index (χ0) is 27.7. The van der Waals surface area contributed by atoms with Gasteiger partial charge >= 0.3 is 18.1 Å². The van der Waals surface area contributed by atoms with E-state index in [2.05, 4.69) is 43.0 Å². The number of benzene rings is 1. The van der Waals surface area contributed by atoms with Crippen LogP contribution in [0.3, 0.4) is 0 Å². The fraction of sp³-hybridized carbons (Fsp3) is 0.600. The summed E-state index contributed by atoms with van der Waals surface area (Å²) in [5.41, 5.74) is -0.0631. The number of piperidine rings is 1. The Hall–Kier alpha value is -2.60. The van der Waals surface area contributed by atoms with Crippen LogP contribution in [0.1, 0.15) is 51.1 Å². The molecule has 2 amide bonds. The molecule has 12 heteroatoms. The normalized spacial score (nSPS) is 28.2. The molecular weight excluding hydrogens is 513 g/mol. The first-order valence-electron chi connectivity index (χ1n) is 12.0. The predicted octanol–water partition coefficient (Wildman–Crippen LogP) is 3.89. The maximum absolute atomic E-state index is 13.2. The Morgan fingerprint density at radius 2 is 1.78 bits per heavy atom. The van der Waals surface area contributed by atoms with Crippen molar-refractivity contribution in [3.63, 3.8) is 0 Å². The maximum atomic E-state index is 13.2. The van der Waals surface area contributed by atoms with E-state index < -0.39 is 29.5 Å². The minimum atomic E-state index is -5.08. The molecule has 0 aliphatic carbocycles. The van der Waals surface area contributed by atoms with Crippen LogP contribution in [0.5, 0.6) is 0 Å². The zero-order valence-corrected chi connectivity index (χ0v) is 21.9. The molecule has 0 aromatic heterocycles. The van der Waals surface area contributed by atoms with Crippen molar-refractivity contribution in [1.29, 1.82) is 0 Å². The molecule has 0 radical (unpaired) electrons. The van der Waals surface area contributed by atoms with Gasteiger partial charge in [-0.1, -0.05) is 26.0 Å². The lowest BCUT2D eigenvalue weighted by atomic mass is 9.75. The number of esters is 1. The predicted molar refractivity (Wildman–Crippen MR) is 129 cm³/mol. The number of carboxylic acid groups (broad SMARTS) is 1. The number of carbonyl (C=O) groups is 4. The average molecular weight is 545 g/mol. The molecule has 1 N–H and O–H groups in total. The van der Waals surface area contributed by atoms with Gasteiger partial charge in [-0.15, -0.1) is 11.8 Å². The van der Waals surface area contributed by atoms with Gasteiger partial charge in [-0.25, -0.2) is 4.79 Å². The van der Waals surface area contributed by atoms with Crippen LogP contribution in [0.25, 0.3) is 0 Å². The number of alkyl halides is 3. The summed E-state index contributed by atoms with van der Waals surface area (Å²) >= 11 is 1.83. The molecule has 8 nitrogen and oxygen atoms in total. The number of likely N-dealkylation sites (tertiary alicyclic amines) is 1. The molecule has 3 saturated heterocycles.